The fraction of sp³-hybridized carbons (Fsp3) is 0.250. The molecule has 2 aromatic rings. The first kappa shape index (κ1) is 12.7. The molecule has 3 N–H and O–H groups in total. The first-order chi connectivity index (χ1) is 8.56. The lowest BCUT2D eigenvalue weighted by Gasteiger charge is -2.09. The minimum atomic E-state index is -0.507. The second kappa shape index (κ2) is 5.27. The van der Waals surface area contributed by atoms with Crippen molar-refractivity contribution in [3.63, 3.8) is 0 Å². The first-order valence-corrected chi connectivity index (χ1v) is 5.90. The molecule has 0 spiro atoms. The molecule has 18 heavy (non-hydrogen) atoms. The van der Waals surface area contributed by atoms with Gasteiger partial charge >= 0.3 is 0 Å². The predicted octanol–water partition coefficient (Wildman–Crippen LogP) is 2.45. The third-order valence-corrected chi connectivity index (χ3v) is 2.87. The largest absolute Gasteiger partial charge is 0.397 e. The molecule has 0 aliphatic rings. The molecular formula is C12H14ClFN4. The standard InChI is InChI=1S/C12H14ClFN4/c1-18-7-8(6-17-18)2-3-16-12-4-9(13)10(14)5-11(12)15/h4-7,16H,2-3,15H2,1H3. The molecule has 96 valence electrons. The van der Waals surface area contributed by atoms with Gasteiger partial charge in [-0.2, -0.15) is 5.10 Å². The number of nitrogens with one attached hydrogen (secondary N) is 1. The van der Waals surface area contributed by atoms with E-state index in [-0.39, 0.29) is 5.02 Å². The zero-order valence-electron chi connectivity index (χ0n) is 9.95. The van der Waals surface area contributed by atoms with E-state index in [4.69, 9.17) is 17.3 Å². The molecule has 4 nitrogen and oxygen atoms in total. The van der Waals surface area contributed by atoms with Crippen LogP contribution in [-0.2, 0) is 13.5 Å². The van der Waals surface area contributed by atoms with Crippen LogP contribution in [0, 0.1) is 5.82 Å². The van der Waals surface area contributed by atoms with Crippen molar-refractivity contribution in [1.82, 2.24) is 9.78 Å². The number of benzene rings is 1. The Kier molecular flexibility index (Phi) is 3.72. The second-order valence-corrected chi connectivity index (χ2v) is 4.46. The maximum atomic E-state index is 13.1. The molecule has 0 aliphatic carbocycles. The number of nitrogens with two attached hydrogens (primary N) is 1. The van der Waals surface area contributed by atoms with Gasteiger partial charge in [0.25, 0.3) is 0 Å². The Morgan fingerprint density at radius 1 is 1.50 bits per heavy atom. The topological polar surface area (TPSA) is 55.9 Å². The van der Waals surface area contributed by atoms with Gasteiger partial charge < -0.3 is 11.1 Å². The predicted molar refractivity (Wildman–Crippen MR) is 71.2 cm³/mol. The van der Waals surface area contributed by atoms with Gasteiger partial charge in [-0.05, 0) is 18.1 Å². The van der Waals surface area contributed by atoms with Crippen molar-refractivity contribution in [2.24, 2.45) is 7.05 Å². The SMILES string of the molecule is Cn1cc(CCNc2cc(Cl)c(F)cc2N)cn1. The third kappa shape index (κ3) is 2.92. The van der Waals surface area contributed by atoms with Crippen molar-refractivity contribution >= 4 is 23.0 Å². The summed E-state index contributed by atoms with van der Waals surface area (Å²) in [6.45, 7) is 0.678. The van der Waals surface area contributed by atoms with E-state index in [0.29, 0.717) is 17.9 Å². The van der Waals surface area contributed by atoms with E-state index >= 15 is 0 Å². The molecule has 0 atom stereocenters. The molecule has 0 fully saturated rings. The molecular weight excluding hydrogens is 255 g/mol. The van der Waals surface area contributed by atoms with Gasteiger partial charge in [-0.3, -0.25) is 4.68 Å². The van der Waals surface area contributed by atoms with Crippen LogP contribution in [0.25, 0.3) is 0 Å². The van der Waals surface area contributed by atoms with E-state index in [1.165, 1.54) is 12.1 Å². The number of halogens is 2. The smallest absolute Gasteiger partial charge is 0.143 e. The Morgan fingerprint density at radius 3 is 2.94 bits per heavy atom. The lowest BCUT2D eigenvalue weighted by atomic mass is 10.2. The highest BCUT2D eigenvalue weighted by molar-refractivity contribution is 6.31. The van der Waals surface area contributed by atoms with E-state index in [1.54, 1.807) is 4.68 Å². The summed E-state index contributed by atoms with van der Waals surface area (Å²) < 4.78 is 14.8. The van der Waals surface area contributed by atoms with Crippen molar-refractivity contribution in [3.05, 3.63) is 40.9 Å². The highest BCUT2D eigenvalue weighted by atomic mass is 35.5. The normalized spacial score (nSPS) is 10.6. The zero-order valence-corrected chi connectivity index (χ0v) is 10.7. The van der Waals surface area contributed by atoms with Crippen LogP contribution in [0.3, 0.4) is 0 Å². The highest BCUT2D eigenvalue weighted by Gasteiger charge is 2.06. The maximum Gasteiger partial charge on any atom is 0.143 e. The number of nitrogens with zero attached hydrogens (tertiary/aromatic N) is 2. The van der Waals surface area contributed by atoms with Crippen LogP contribution in [0.4, 0.5) is 15.8 Å². The number of aromatic nitrogens is 2. The second-order valence-electron chi connectivity index (χ2n) is 4.05. The van der Waals surface area contributed by atoms with E-state index in [2.05, 4.69) is 10.4 Å². The molecule has 2 rings (SSSR count). The summed E-state index contributed by atoms with van der Waals surface area (Å²) in [7, 11) is 1.87. The molecule has 0 bridgehead atoms. The monoisotopic (exact) mass is 268 g/mol. The molecule has 0 saturated carbocycles. The van der Waals surface area contributed by atoms with Crippen molar-refractivity contribution < 1.29 is 4.39 Å². The van der Waals surface area contributed by atoms with Gasteiger partial charge in [0.2, 0.25) is 0 Å². The van der Waals surface area contributed by atoms with Crippen molar-refractivity contribution in [3.8, 4) is 0 Å². The number of hydrogen-bond donors (Lipinski definition) is 2. The van der Waals surface area contributed by atoms with Gasteiger partial charge in [-0.1, -0.05) is 11.6 Å². The van der Waals surface area contributed by atoms with Crippen LogP contribution in [0.1, 0.15) is 5.56 Å². The lowest BCUT2D eigenvalue weighted by molar-refractivity contribution is 0.629. The van der Waals surface area contributed by atoms with Gasteiger partial charge in [0.05, 0.1) is 22.6 Å². The summed E-state index contributed by atoms with van der Waals surface area (Å²) in [5.41, 5.74) is 7.81. The minimum Gasteiger partial charge on any atom is -0.397 e. The van der Waals surface area contributed by atoms with E-state index in [9.17, 15) is 4.39 Å². The maximum absolute atomic E-state index is 13.1. The molecule has 6 heteroatoms. The van der Waals surface area contributed by atoms with E-state index in [0.717, 1.165) is 12.0 Å². The fourth-order valence-corrected chi connectivity index (χ4v) is 1.82. The summed E-state index contributed by atoms with van der Waals surface area (Å²) in [5, 5.41) is 7.27. The minimum absolute atomic E-state index is 0.0630. The quantitative estimate of drug-likeness (QED) is 0.838. The van der Waals surface area contributed by atoms with Crippen molar-refractivity contribution in [1.29, 1.82) is 0 Å². The van der Waals surface area contributed by atoms with Crippen LogP contribution in [-0.4, -0.2) is 16.3 Å². The van der Waals surface area contributed by atoms with Gasteiger partial charge in [0, 0.05) is 25.9 Å². The van der Waals surface area contributed by atoms with Crippen LogP contribution < -0.4 is 11.1 Å². The summed E-state index contributed by atoms with van der Waals surface area (Å²) >= 11 is 5.70. The number of aryl methyl sites for hydroxylation is 1. The third-order valence-electron chi connectivity index (χ3n) is 2.58. The zero-order chi connectivity index (χ0) is 13.1. The molecule has 0 saturated heterocycles. The summed E-state index contributed by atoms with van der Waals surface area (Å²) in [4.78, 5) is 0. The molecule has 0 amide bonds. The van der Waals surface area contributed by atoms with Gasteiger partial charge in [-0.25, -0.2) is 4.39 Å². The molecule has 1 aromatic carbocycles. The van der Waals surface area contributed by atoms with Crippen LogP contribution >= 0.6 is 11.6 Å². The van der Waals surface area contributed by atoms with Gasteiger partial charge in [0.15, 0.2) is 0 Å². The number of rotatable bonds is 4. The number of hydrogen-bond acceptors (Lipinski definition) is 3. The van der Waals surface area contributed by atoms with Gasteiger partial charge in [0.1, 0.15) is 5.82 Å². The molecule has 1 heterocycles. The lowest BCUT2D eigenvalue weighted by Crippen LogP contribution is -2.07. The average molecular weight is 269 g/mol. The molecule has 0 unspecified atom stereocenters. The summed E-state index contributed by atoms with van der Waals surface area (Å²) in [6.07, 6.45) is 4.56. The first-order valence-electron chi connectivity index (χ1n) is 5.52. The summed E-state index contributed by atoms with van der Waals surface area (Å²) in [6, 6.07) is 2.71. The number of nitrogen functional groups attached to an aromatic ring is 1. The van der Waals surface area contributed by atoms with Crippen LogP contribution in [0.15, 0.2) is 24.5 Å². The summed E-state index contributed by atoms with van der Waals surface area (Å²) in [5.74, 6) is -0.507. The van der Waals surface area contributed by atoms with Crippen molar-refractivity contribution in [2.75, 3.05) is 17.6 Å². The van der Waals surface area contributed by atoms with Crippen LogP contribution in [0.5, 0.6) is 0 Å². The Morgan fingerprint density at radius 2 is 2.28 bits per heavy atom. The Balaban J connectivity index is 1.96. The Bertz CT molecular complexity index is 553. The number of anilines is 2. The van der Waals surface area contributed by atoms with E-state index in [1.807, 2.05) is 19.4 Å². The fourth-order valence-electron chi connectivity index (χ4n) is 1.66. The Labute approximate surface area is 110 Å². The van der Waals surface area contributed by atoms with Crippen molar-refractivity contribution in [2.45, 2.75) is 6.42 Å². The molecule has 0 radical (unpaired) electrons. The van der Waals surface area contributed by atoms with Crippen LogP contribution in [0.2, 0.25) is 5.02 Å². The average Bonchev–Trinajstić information content (AvgIpc) is 2.71. The van der Waals surface area contributed by atoms with Gasteiger partial charge in [-0.15, -0.1) is 0 Å². The van der Waals surface area contributed by atoms with E-state index < -0.39 is 5.82 Å². The Hall–Kier alpha value is -1.75. The highest BCUT2D eigenvalue weighted by Crippen LogP contribution is 2.26. The molecule has 1 aromatic heterocycles. The molecule has 0 aliphatic heterocycles.